The first-order valence-electron chi connectivity index (χ1n) is 7.79. The van der Waals surface area contributed by atoms with Crippen LogP contribution < -0.4 is 0 Å². The standard InChI is InChI=1S/C17H18N4S2/c22-17-20(15-5-2-1-3-6-15)12-18-21(17)13-19-9-4-7-16(19)14-8-10-23-11-14/h1-3,5-6,8,10-12,16H,4,7,9,13H2. The summed E-state index contributed by atoms with van der Waals surface area (Å²) >= 11 is 7.38. The zero-order chi connectivity index (χ0) is 15.6. The van der Waals surface area contributed by atoms with Gasteiger partial charge in [0, 0.05) is 18.3 Å². The highest BCUT2D eigenvalue weighted by molar-refractivity contribution is 7.71. The molecule has 3 heterocycles. The number of hydrogen-bond donors (Lipinski definition) is 0. The number of hydrogen-bond acceptors (Lipinski definition) is 4. The molecule has 0 N–H and O–H groups in total. The minimum Gasteiger partial charge on any atom is -0.277 e. The van der Waals surface area contributed by atoms with Gasteiger partial charge in [0.25, 0.3) is 0 Å². The van der Waals surface area contributed by atoms with Gasteiger partial charge in [-0.1, -0.05) is 18.2 Å². The van der Waals surface area contributed by atoms with Crippen LogP contribution in [0, 0.1) is 4.77 Å². The number of thiophene rings is 1. The predicted molar refractivity (Wildman–Crippen MR) is 95.4 cm³/mol. The molecule has 4 nitrogen and oxygen atoms in total. The van der Waals surface area contributed by atoms with E-state index in [1.54, 1.807) is 11.3 Å². The van der Waals surface area contributed by atoms with E-state index in [0.29, 0.717) is 6.04 Å². The van der Waals surface area contributed by atoms with Crippen LogP contribution in [0.4, 0.5) is 0 Å². The van der Waals surface area contributed by atoms with Gasteiger partial charge >= 0.3 is 0 Å². The van der Waals surface area contributed by atoms with E-state index < -0.39 is 0 Å². The Morgan fingerprint density at radius 1 is 1.22 bits per heavy atom. The van der Waals surface area contributed by atoms with Crippen LogP contribution in [0.3, 0.4) is 0 Å². The zero-order valence-electron chi connectivity index (χ0n) is 12.7. The van der Waals surface area contributed by atoms with Gasteiger partial charge in [0.2, 0.25) is 4.77 Å². The second kappa shape index (κ2) is 6.39. The molecule has 1 aliphatic heterocycles. The Morgan fingerprint density at radius 3 is 2.87 bits per heavy atom. The molecule has 1 aliphatic rings. The summed E-state index contributed by atoms with van der Waals surface area (Å²) in [5, 5.41) is 8.92. The highest BCUT2D eigenvalue weighted by atomic mass is 32.1. The van der Waals surface area contributed by atoms with Gasteiger partial charge < -0.3 is 0 Å². The molecule has 0 spiro atoms. The maximum Gasteiger partial charge on any atom is 0.203 e. The number of rotatable bonds is 4. The van der Waals surface area contributed by atoms with Gasteiger partial charge in [-0.15, -0.1) is 0 Å². The second-order valence-corrected chi connectivity index (χ2v) is 6.93. The largest absolute Gasteiger partial charge is 0.277 e. The van der Waals surface area contributed by atoms with Crippen LogP contribution in [0.15, 0.2) is 53.5 Å². The first-order valence-corrected chi connectivity index (χ1v) is 9.14. The van der Waals surface area contributed by atoms with Crippen molar-refractivity contribution >= 4 is 23.6 Å². The summed E-state index contributed by atoms with van der Waals surface area (Å²) in [6, 6.07) is 12.9. The molecule has 1 unspecified atom stereocenters. The van der Waals surface area contributed by atoms with Gasteiger partial charge in [-0.2, -0.15) is 16.4 Å². The zero-order valence-corrected chi connectivity index (χ0v) is 14.3. The van der Waals surface area contributed by atoms with Gasteiger partial charge in [0.1, 0.15) is 6.33 Å². The van der Waals surface area contributed by atoms with Crippen molar-refractivity contribution in [3.63, 3.8) is 0 Å². The van der Waals surface area contributed by atoms with Crippen molar-refractivity contribution in [2.75, 3.05) is 6.54 Å². The van der Waals surface area contributed by atoms with Gasteiger partial charge in [-0.25, -0.2) is 4.68 Å². The minimum atomic E-state index is 0.491. The van der Waals surface area contributed by atoms with E-state index in [9.17, 15) is 0 Å². The molecule has 2 aromatic heterocycles. The number of aromatic nitrogens is 3. The molecule has 0 radical (unpaired) electrons. The molecule has 6 heteroatoms. The summed E-state index contributed by atoms with van der Waals surface area (Å²) in [7, 11) is 0. The van der Waals surface area contributed by atoms with Crippen LogP contribution in [0.1, 0.15) is 24.4 Å². The van der Waals surface area contributed by atoms with E-state index in [0.717, 1.165) is 23.7 Å². The molecule has 0 saturated carbocycles. The third-order valence-corrected chi connectivity index (χ3v) is 5.48. The number of nitrogens with zero attached hydrogens (tertiary/aromatic N) is 4. The Morgan fingerprint density at radius 2 is 2.09 bits per heavy atom. The second-order valence-electron chi connectivity index (χ2n) is 5.79. The molecule has 1 fully saturated rings. The van der Waals surface area contributed by atoms with Crippen molar-refractivity contribution in [2.24, 2.45) is 0 Å². The maximum absolute atomic E-state index is 5.62. The summed E-state index contributed by atoms with van der Waals surface area (Å²) in [6.45, 7) is 1.85. The highest BCUT2D eigenvalue weighted by Crippen LogP contribution is 2.33. The normalized spacial score (nSPS) is 18.5. The molecular formula is C17H18N4S2. The third kappa shape index (κ3) is 2.89. The third-order valence-electron chi connectivity index (χ3n) is 4.37. The van der Waals surface area contributed by atoms with Crippen LogP contribution in [-0.4, -0.2) is 25.8 Å². The first-order chi connectivity index (χ1) is 11.3. The molecule has 0 bridgehead atoms. The average molecular weight is 342 g/mol. The lowest BCUT2D eigenvalue weighted by Gasteiger charge is -2.23. The Hall–Kier alpha value is -1.76. The fourth-order valence-corrected chi connectivity index (χ4v) is 4.17. The molecule has 1 aromatic carbocycles. The maximum atomic E-state index is 5.62. The van der Waals surface area contributed by atoms with E-state index in [4.69, 9.17) is 12.2 Å². The van der Waals surface area contributed by atoms with E-state index in [1.165, 1.54) is 18.4 Å². The van der Waals surface area contributed by atoms with E-state index in [-0.39, 0.29) is 0 Å². The topological polar surface area (TPSA) is 26.0 Å². The Bertz CT molecular complexity index is 820. The predicted octanol–water partition coefficient (Wildman–Crippen LogP) is 4.26. The summed E-state index contributed by atoms with van der Waals surface area (Å²) in [6.07, 6.45) is 4.25. The van der Waals surface area contributed by atoms with E-state index in [2.05, 4.69) is 26.8 Å². The average Bonchev–Trinajstić information content (AvgIpc) is 3.31. The summed E-state index contributed by atoms with van der Waals surface area (Å²) in [5.41, 5.74) is 2.47. The molecule has 0 aliphatic carbocycles. The van der Waals surface area contributed by atoms with Gasteiger partial charge in [-0.05, 0) is 59.6 Å². The molecule has 4 rings (SSSR count). The van der Waals surface area contributed by atoms with Gasteiger partial charge in [-0.3, -0.25) is 9.47 Å². The molecule has 3 aromatic rings. The van der Waals surface area contributed by atoms with Crippen LogP contribution in [0.5, 0.6) is 0 Å². The Balaban J connectivity index is 1.58. The van der Waals surface area contributed by atoms with E-state index in [1.807, 2.05) is 45.9 Å². The van der Waals surface area contributed by atoms with Gasteiger partial charge in [0.15, 0.2) is 0 Å². The lowest BCUT2D eigenvalue weighted by Crippen LogP contribution is -2.26. The van der Waals surface area contributed by atoms with Crippen molar-refractivity contribution in [1.82, 2.24) is 19.2 Å². The quantitative estimate of drug-likeness (QED) is 0.663. The fraction of sp³-hybridized carbons (Fsp3) is 0.294. The van der Waals surface area contributed by atoms with Crippen LogP contribution in [0.2, 0.25) is 0 Å². The Kier molecular flexibility index (Phi) is 4.11. The molecule has 0 amide bonds. The number of para-hydroxylation sites is 1. The number of benzene rings is 1. The molecule has 1 saturated heterocycles. The smallest absolute Gasteiger partial charge is 0.203 e. The van der Waals surface area contributed by atoms with Crippen molar-refractivity contribution in [3.8, 4) is 5.69 Å². The molecule has 1 atom stereocenters. The lowest BCUT2D eigenvalue weighted by atomic mass is 10.1. The first kappa shape index (κ1) is 14.8. The van der Waals surface area contributed by atoms with Crippen LogP contribution in [-0.2, 0) is 6.67 Å². The SMILES string of the molecule is S=c1n(-c2ccccc2)cnn1CN1CCCC1c1ccsc1. The van der Waals surface area contributed by atoms with Gasteiger partial charge in [0.05, 0.1) is 6.67 Å². The fourth-order valence-electron chi connectivity index (χ4n) is 3.21. The number of likely N-dealkylation sites (tertiary alicyclic amines) is 1. The molecular weight excluding hydrogens is 324 g/mol. The van der Waals surface area contributed by atoms with Crippen molar-refractivity contribution < 1.29 is 0 Å². The monoisotopic (exact) mass is 342 g/mol. The van der Waals surface area contributed by atoms with Crippen molar-refractivity contribution in [2.45, 2.75) is 25.6 Å². The lowest BCUT2D eigenvalue weighted by molar-refractivity contribution is 0.190. The van der Waals surface area contributed by atoms with Crippen molar-refractivity contribution in [3.05, 3.63) is 63.8 Å². The molecule has 118 valence electrons. The highest BCUT2D eigenvalue weighted by Gasteiger charge is 2.26. The van der Waals surface area contributed by atoms with E-state index >= 15 is 0 Å². The Labute approximate surface area is 144 Å². The summed E-state index contributed by atoms with van der Waals surface area (Å²) in [5.74, 6) is 0. The minimum absolute atomic E-state index is 0.491. The van der Waals surface area contributed by atoms with Crippen LogP contribution >= 0.6 is 23.6 Å². The summed E-state index contributed by atoms with van der Waals surface area (Å²) in [4.78, 5) is 2.47. The summed E-state index contributed by atoms with van der Waals surface area (Å²) < 4.78 is 4.63. The molecule has 23 heavy (non-hydrogen) atoms. The van der Waals surface area contributed by atoms with Crippen molar-refractivity contribution in [1.29, 1.82) is 0 Å². The van der Waals surface area contributed by atoms with Crippen LogP contribution in [0.25, 0.3) is 5.69 Å².